The summed E-state index contributed by atoms with van der Waals surface area (Å²) in [6.07, 6.45) is 0. The molecule has 0 atom stereocenters. The lowest BCUT2D eigenvalue weighted by Crippen LogP contribution is -1.98. The molecule has 0 saturated heterocycles. The van der Waals surface area contributed by atoms with Crippen LogP contribution in [0.25, 0.3) is 0 Å². The quantitative estimate of drug-likeness (QED) is 0.596. The lowest BCUT2D eigenvalue weighted by molar-refractivity contribution is -0.384. The number of nitro benzene ring substituents is 1. The molecular formula is C16H13ClN2O3S. The number of ether oxygens (including phenoxy) is 1. The monoisotopic (exact) mass is 348 g/mol. The lowest BCUT2D eigenvalue weighted by atomic mass is 10.2. The molecule has 0 fully saturated rings. The largest absolute Gasteiger partial charge is 0.487 e. The summed E-state index contributed by atoms with van der Waals surface area (Å²) in [5.74, 6) is 1.59. The number of aliphatic imine (C=N–C) groups is 1. The number of halogens is 1. The Morgan fingerprint density at radius 3 is 2.65 bits per heavy atom. The summed E-state index contributed by atoms with van der Waals surface area (Å²) in [6.45, 7) is 1.14. The molecule has 0 radical (unpaired) electrons. The first-order chi connectivity index (χ1) is 11.1. The van der Waals surface area contributed by atoms with E-state index in [1.54, 1.807) is 23.9 Å². The molecule has 1 aliphatic heterocycles. The molecule has 118 valence electrons. The van der Waals surface area contributed by atoms with Crippen molar-refractivity contribution in [3.63, 3.8) is 0 Å². The Hall–Kier alpha value is -2.05. The van der Waals surface area contributed by atoms with Crippen molar-refractivity contribution in [2.24, 2.45) is 4.99 Å². The normalized spacial score (nSPS) is 13.7. The number of nitrogens with zero attached hydrogens (tertiary/aromatic N) is 2. The van der Waals surface area contributed by atoms with E-state index in [-0.39, 0.29) is 5.69 Å². The van der Waals surface area contributed by atoms with Crippen molar-refractivity contribution >= 4 is 34.1 Å². The van der Waals surface area contributed by atoms with E-state index in [1.165, 1.54) is 12.1 Å². The molecule has 3 rings (SSSR count). The SMILES string of the molecule is O=[N+]([O-])c1ccc(COc2ccc(C3=NCCS3)cc2Cl)cc1. The Labute approximate surface area is 142 Å². The van der Waals surface area contributed by atoms with Gasteiger partial charge in [0, 0.05) is 30.0 Å². The fourth-order valence-electron chi connectivity index (χ4n) is 2.14. The minimum Gasteiger partial charge on any atom is -0.487 e. The van der Waals surface area contributed by atoms with Gasteiger partial charge in [0.25, 0.3) is 5.69 Å². The van der Waals surface area contributed by atoms with E-state index in [4.69, 9.17) is 16.3 Å². The van der Waals surface area contributed by atoms with Crippen LogP contribution in [0.3, 0.4) is 0 Å². The number of hydrogen-bond acceptors (Lipinski definition) is 5. The van der Waals surface area contributed by atoms with E-state index in [0.29, 0.717) is 17.4 Å². The third-order valence-corrected chi connectivity index (χ3v) is 4.63. The van der Waals surface area contributed by atoms with Crippen LogP contribution in [-0.2, 0) is 6.61 Å². The maximum absolute atomic E-state index is 10.6. The maximum atomic E-state index is 10.6. The van der Waals surface area contributed by atoms with Gasteiger partial charge in [-0.15, -0.1) is 11.8 Å². The summed E-state index contributed by atoms with van der Waals surface area (Å²) >= 11 is 7.98. The zero-order chi connectivity index (χ0) is 16.2. The standard InChI is InChI=1S/C16H13ClN2O3S/c17-14-9-12(16-18-7-8-23-16)3-6-15(14)22-10-11-1-4-13(5-2-11)19(20)21/h1-6,9H,7-8,10H2. The molecule has 0 saturated carbocycles. The van der Waals surface area contributed by atoms with Crippen LogP contribution in [0, 0.1) is 10.1 Å². The highest BCUT2D eigenvalue weighted by Crippen LogP contribution is 2.29. The van der Waals surface area contributed by atoms with E-state index >= 15 is 0 Å². The van der Waals surface area contributed by atoms with E-state index in [2.05, 4.69) is 4.99 Å². The molecule has 2 aromatic rings. The van der Waals surface area contributed by atoms with E-state index < -0.39 is 4.92 Å². The highest BCUT2D eigenvalue weighted by Gasteiger charge is 2.12. The average molecular weight is 349 g/mol. The van der Waals surface area contributed by atoms with Crippen molar-refractivity contribution in [3.05, 3.63) is 68.7 Å². The van der Waals surface area contributed by atoms with Gasteiger partial charge in [-0.05, 0) is 35.9 Å². The highest BCUT2D eigenvalue weighted by molar-refractivity contribution is 8.14. The number of nitro groups is 1. The summed E-state index contributed by atoms with van der Waals surface area (Å²) in [4.78, 5) is 14.6. The Balaban J connectivity index is 1.67. The summed E-state index contributed by atoms with van der Waals surface area (Å²) in [7, 11) is 0. The van der Waals surface area contributed by atoms with Gasteiger partial charge in [0.05, 0.1) is 15.0 Å². The zero-order valence-electron chi connectivity index (χ0n) is 12.1. The van der Waals surface area contributed by atoms with Gasteiger partial charge in [-0.25, -0.2) is 0 Å². The van der Waals surface area contributed by atoms with Crippen LogP contribution in [-0.4, -0.2) is 22.3 Å². The topological polar surface area (TPSA) is 64.7 Å². The summed E-state index contributed by atoms with van der Waals surface area (Å²) < 4.78 is 5.69. The first-order valence-corrected chi connectivity index (χ1v) is 8.33. The molecule has 7 heteroatoms. The number of non-ortho nitro benzene ring substituents is 1. The minimum absolute atomic E-state index is 0.0611. The molecule has 23 heavy (non-hydrogen) atoms. The van der Waals surface area contributed by atoms with Crippen molar-refractivity contribution in [2.45, 2.75) is 6.61 Å². The fraction of sp³-hybridized carbons (Fsp3) is 0.188. The first-order valence-electron chi connectivity index (χ1n) is 6.97. The van der Waals surface area contributed by atoms with Crippen molar-refractivity contribution in [3.8, 4) is 5.75 Å². The minimum atomic E-state index is -0.427. The fourth-order valence-corrected chi connectivity index (χ4v) is 3.22. The van der Waals surface area contributed by atoms with Crippen molar-refractivity contribution in [1.29, 1.82) is 0 Å². The average Bonchev–Trinajstić information content (AvgIpc) is 3.08. The second-order valence-corrected chi connectivity index (χ2v) is 6.38. The van der Waals surface area contributed by atoms with Gasteiger partial charge < -0.3 is 4.74 Å². The molecule has 0 spiro atoms. The molecule has 0 aromatic heterocycles. The molecule has 1 aliphatic rings. The molecule has 5 nitrogen and oxygen atoms in total. The predicted molar refractivity (Wildman–Crippen MR) is 92.7 cm³/mol. The number of benzene rings is 2. The van der Waals surface area contributed by atoms with E-state index in [0.717, 1.165) is 28.5 Å². The second-order valence-electron chi connectivity index (χ2n) is 4.89. The van der Waals surface area contributed by atoms with Gasteiger partial charge >= 0.3 is 0 Å². The second kappa shape index (κ2) is 7.02. The van der Waals surface area contributed by atoms with Crippen molar-refractivity contribution < 1.29 is 9.66 Å². The molecule has 0 bridgehead atoms. The molecular weight excluding hydrogens is 336 g/mol. The van der Waals surface area contributed by atoms with Crippen LogP contribution >= 0.6 is 23.4 Å². The summed E-state index contributed by atoms with van der Waals surface area (Å²) in [5, 5.41) is 12.2. The molecule has 2 aromatic carbocycles. The van der Waals surface area contributed by atoms with Crippen molar-refractivity contribution in [1.82, 2.24) is 0 Å². The van der Waals surface area contributed by atoms with Gasteiger partial charge in [0.2, 0.25) is 0 Å². The third-order valence-electron chi connectivity index (χ3n) is 3.31. The third kappa shape index (κ3) is 3.83. The molecule has 0 N–H and O–H groups in total. The Morgan fingerprint density at radius 1 is 1.26 bits per heavy atom. The van der Waals surface area contributed by atoms with E-state index in [9.17, 15) is 10.1 Å². The van der Waals surface area contributed by atoms with Gasteiger partial charge in [0.15, 0.2) is 0 Å². The first kappa shape index (κ1) is 15.8. The van der Waals surface area contributed by atoms with Crippen LogP contribution in [0.5, 0.6) is 5.75 Å². The van der Waals surface area contributed by atoms with Crippen LogP contribution < -0.4 is 4.74 Å². The Kier molecular flexibility index (Phi) is 4.83. The number of thioether (sulfide) groups is 1. The number of rotatable bonds is 5. The van der Waals surface area contributed by atoms with Crippen LogP contribution in [0.1, 0.15) is 11.1 Å². The Morgan fingerprint density at radius 2 is 2.04 bits per heavy atom. The number of hydrogen-bond donors (Lipinski definition) is 0. The van der Waals surface area contributed by atoms with Crippen LogP contribution in [0.15, 0.2) is 47.5 Å². The smallest absolute Gasteiger partial charge is 0.269 e. The van der Waals surface area contributed by atoms with Gasteiger partial charge in [0.1, 0.15) is 12.4 Å². The van der Waals surface area contributed by atoms with Crippen molar-refractivity contribution in [2.75, 3.05) is 12.3 Å². The molecule has 0 amide bonds. The zero-order valence-corrected chi connectivity index (χ0v) is 13.6. The molecule has 1 heterocycles. The summed E-state index contributed by atoms with van der Waals surface area (Å²) in [5.41, 5.74) is 1.90. The highest BCUT2D eigenvalue weighted by atomic mass is 35.5. The van der Waals surface area contributed by atoms with Gasteiger partial charge in [-0.3, -0.25) is 15.1 Å². The van der Waals surface area contributed by atoms with E-state index in [1.807, 2.05) is 18.2 Å². The van der Waals surface area contributed by atoms with Crippen LogP contribution in [0.2, 0.25) is 5.02 Å². The lowest BCUT2D eigenvalue weighted by Gasteiger charge is -2.09. The van der Waals surface area contributed by atoms with Gasteiger partial charge in [-0.2, -0.15) is 0 Å². The predicted octanol–water partition coefficient (Wildman–Crippen LogP) is 4.32. The molecule has 0 unspecified atom stereocenters. The molecule has 0 aliphatic carbocycles. The summed E-state index contributed by atoms with van der Waals surface area (Å²) in [6, 6.07) is 11.9. The van der Waals surface area contributed by atoms with Gasteiger partial charge in [-0.1, -0.05) is 11.6 Å². The Bertz CT molecular complexity index is 762. The van der Waals surface area contributed by atoms with Crippen LogP contribution in [0.4, 0.5) is 5.69 Å². The maximum Gasteiger partial charge on any atom is 0.269 e.